The minimum absolute atomic E-state index is 0.0419. The number of methoxy groups -OCH3 is 1. The second-order valence-electron chi connectivity index (χ2n) is 5.05. The van der Waals surface area contributed by atoms with E-state index in [0.717, 1.165) is 48.9 Å². The van der Waals surface area contributed by atoms with Gasteiger partial charge in [0.15, 0.2) is 11.5 Å². The normalized spacial score (nSPS) is 26.4. The van der Waals surface area contributed by atoms with E-state index in [9.17, 15) is 0 Å². The van der Waals surface area contributed by atoms with Gasteiger partial charge in [-0.15, -0.1) is 0 Å². The van der Waals surface area contributed by atoms with Gasteiger partial charge in [0.1, 0.15) is 6.10 Å². The van der Waals surface area contributed by atoms with Crippen molar-refractivity contribution in [3.05, 3.63) is 23.8 Å². The largest absolute Gasteiger partial charge is 0.492 e. The van der Waals surface area contributed by atoms with E-state index >= 15 is 0 Å². The molecule has 0 saturated carbocycles. The molecule has 1 N–H and O–H groups in total. The molecule has 2 aliphatic rings. The maximum absolute atomic E-state index is 6.11. The summed E-state index contributed by atoms with van der Waals surface area (Å²) in [7, 11) is 1.70. The molecule has 0 bridgehead atoms. The number of rotatable bonds is 4. The van der Waals surface area contributed by atoms with Crippen LogP contribution in [0.3, 0.4) is 0 Å². The average Bonchev–Trinajstić information content (AvgIpc) is 3.01. The third-order valence-electron chi connectivity index (χ3n) is 3.67. The highest BCUT2D eigenvalue weighted by molar-refractivity contribution is 7.99. The third-order valence-corrected chi connectivity index (χ3v) is 4.80. The van der Waals surface area contributed by atoms with Gasteiger partial charge in [-0.2, -0.15) is 11.8 Å². The smallest absolute Gasteiger partial charge is 0.166 e. The molecule has 110 valence electrons. The molecule has 20 heavy (non-hydrogen) atoms. The summed E-state index contributed by atoms with van der Waals surface area (Å²) in [6.07, 6.45) is 1.45. The van der Waals surface area contributed by atoms with Crippen LogP contribution in [0, 0.1) is 0 Å². The molecule has 2 unspecified atom stereocenters. The summed E-state index contributed by atoms with van der Waals surface area (Å²) in [5.74, 6) is 3.90. The quantitative estimate of drug-likeness (QED) is 0.922. The second kappa shape index (κ2) is 6.70. The Kier molecular flexibility index (Phi) is 4.70. The molecule has 2 fully saturated rings. The minimum atomic E-state index is 0.0419. The Morgan fingerprint density at radius 1 is 1.40 bits per heavy atom. The summed E-state index contributed by atoms with van der Waals surface area (Å²) in [5, 5.41) is 3.35. The summed E-state index contributed by atoms with van der Waals surface area (Å²) in [4.78, 5) is 0. The number of ether oxygens (including phenoxy) is 3. The average molecular weight is 295 g/mol. The zero-order valence-corrected chi connectivity index (χ0v) is 12.6. The molecule has 1 aromatic rings. The van der Waals surface area contributed by atoms with Crippen molar-refractivity contribution in [3.63, 3.8) is 0 Å². The Morgan fingerprint density at radius 2 is 2.35 bits per heavy atom. The van der Waals surface area contributed by atoms with Gasteiger partial charge in [0.2, 0.25) is 0 Å². The minimum Gasteiger partial charge on any atom is -0.492 e. The first-order valence-corrected chi connectivity index (χ1v) is 8.27. The lowest BCUT2D eigenvalue weighted by molar-refractivity contribution is 0.0259. The zero-order chi connectivity index (χ0) is 13.8. The lowest BCUT2D eigenvalue weighted by Crippen LogP contribution is -2.33. The number of hydrogen-bond acceptors (Lipinski definition) is 5. The lowest BCUT2D eigenvalue weighted by Gasteiger charge is -2.26. The van der Waals surface area contributed by atoms with Gasteiger partial charge in [0.25, 0.3) is 0 Å². The van der Waals surface area contributed by atoms with E-state index in [4.69, 9.17) is 14.2 Å². The lowest BCUT2D eigenvalue weighted by atomic mass is 10.1. The van der Waals surface area contributed by atoms with Crippen molar-refractivity contribution in [2.45, 2.75) is 18.6 Å². The highest BCUT2D eigenvalue weighted by Crippen LogP contribution is 2.38. The predicted molar refractivity (Wildman–Crippen MR) is 80.9 cm³/mol. The highest BCUT2D eigenvalue weighted by atomic mass is 32.2. The molecule has 2 aliphatic heterocycles. The molecule has 3 rings (SSSR count). The molecule has 2 heterocycles. The van der Waals surface area contributed by atoms with Crippen LogP contribution < -0.4 is 14.8 Å². The molecule has 0 aliphatic carbocycles. The topological polar surface area (TPSA) is 39.7 Å². The number of nitrogens with one attached hydrogen (secondary N) is 1. The first kappa shape index (κ1) is 14.0. The summed E-state index contributed by atoms with van der Waals surface area (Å²) >= 11 is 1.95. The van der Waals surface area contributed by atoms with Gasteiger partial charge in [-0.1, -0.05) is 12.1 Å². The number of hydrogen-bond donors (Lipinski definition) is 1. The van der Waals surface area contributed by atoms with Crippen molar-refractivity contribution < 1.29 is 14.2 Å². The van der Waals surface area contributed by atoms with Gasteiger partial charge in [-0.05, 0) is 18.2 Å². The monoisotopic (exact) mass is 295 g/mol. The van der Waals surface area contributed by atoms with Crippen LogP contribution in [0.15, 0.2) is 18.2 Å². The Morgan fingerprint density at radius 3 is 3.05 bits per heavy atom. The maximum atomic E-state index is 6.11. The van der Waals surface area contributed by atoms with Crippen molar-refractivity contribution in [2.75, 3.05) is 38.3 Å². The molecule has 0 aromatic heterocycles. The number of para-hydroxylation sites is 1. The fourth-order valence-corrected chi connectivity index (χ4v) is 3.74. The number of benzene rings is 1. The van der Waals surface area contributed by atoms with E-state index in [1.807, 2.05) is 23.9 Å². The zero-order valence-electron chi connectivity index (χ0n) is 11.8. The molecule has 4 nitrogen and oxygen atoms in total. The van der Waals surface area contributed by atoms with Gasteiger partial charge in [0, 0.05) is 24.4 Å². The van der Waals surface area contributed by atoms with Gasteiger partial charge in [-0.25, -0.2) is 0 Å². The third kappa shape index (κ3) is 3.05. The van der Waals surface area contributed by atoms with Crippen molar-refractivity contribution in [3.8, 4) is 11.5 Å². The van der Waals surface area contributed by atoms with Crippen LogP contribution in [0.5, 0.6) is 11.5 Å². The molecular formula is C15H21NO3S. The van der Waals surface area contributed by atoms with Crippen molar-refractivity contribution in [1.29, 1.82) is 0 Å². The Labute approximate surface area is 124 Å². The summed E-state index contributed by atoms with van der Waals surface area (Å²) in [6, 6.07) is 6.07. The van der Waals surface area contributed by atoms with Gasteiger partial charge in [0.05, 0.1) is 19.8 Å². The molecular weight excluding hydrogens is 274 g/mol. The maximum Gasteiger partial charge on any atom is 0.166 e. The van der Waals surface area contributed by atoms with E-state index < -0.39 is 0 Å². The van der Waals surface area contributed by atoms with Crippen LogP contribution >= 0.6 is 11.8 Å². The first-order chi connectivity index (χ1) is 9.88. The molecule has 0 spiro atoms. The first-order valence-electron chi connectivity index (χ1n) is 7.12. The van der Waals surface area contributed by atoms with E-state index in [2.05, 4.69) is 11.4 Å². The number of thioether (sulfide) groups is 1. The summed E-state index contributed by atoms with van der Waals surface area (Å²) < 4.78 is 17.5. The van der Waals surface area contributed by atoms with Crippen LogP contribution in [0.2, 0.25) is 0 Å². The van der Waals surface area contributed by atoms with Gasteiger partial charge in [-0.3, -0.25) is 0 Å². The molecule has 0 amide bonds. The summed E-state index contributed by atoms with van der Waals surface area (Å²) in [5.41, 5.74) is 1.07. The van der Waals surface area contributed by atoms with Crippen molar-refractivity contribution in [1.82, 2.24) is 5.32 Å². The fourth-order valence-electron chi connectivity index (χ4n) is 2.65. The molecule has 5 heteroatoms. The van der Waals surface area contributed by atoms with Gasteiger partial charge >= 0.3 is 0 Å². The molecule has 0 radical (unpaired) electrons. The second-order valence-corrected chi connectivity index (χ2v) is 6.20. The van der Waals surface area contributed by atoms with E-state index in [1.54, 1.807) is 7.11 Å². The Bertz CT molecular complexity index is 443. The van der Waals surface area contributed by atoms with Crippen LogP contribution in [0.4, 0.5) is 0 Å². The molecule has 1 aromatic carbocycles. The van der Waals surface area contributed by atoms with Crippen LogP contribution in [-0.2, 0) is 4.74 Å². The predicted octanol–water partition coefficient (Wildman–Crippen LogP) is 2.24. The Balaban J connectivity index is 1.82. The van der Waals surface area contributed by atoms with E-state index in [-0.39, 0.29) is 6.10 Å². The molecule has 2 saturated heterocycles. The fraction of sp³-hybridized carbons (Fsp3) is 0.600. The summed E-state index contributed by atoms with van der Waals surface area (Å²) in [6.45, 7) is 2.46. The van der Waals surface area contributed by atoms with Crippen molar-refractivity contribution >= 4 is 11.8 Å². The van der Waals surface area contributed by atoms with Crippen molar-refractivity contribution in [2.24, 2.45) is 0 Å². The highest BCUT2D eigenvalue weighted by Gasteiger charge is 2.24. The Hall–Kier alpha value is -0.910. The SMILES string of the molecule is COc1c(OC2CCSC2)cccc1C1CNCCO1. The van der Waals surface area contributed by atoms with E-state index in [1.165, 1.54) is 5.75 Å². The van der Waals surface area contributed by atoms with Crippen LogP contribution in [0.1, 0.15) is 18.1 Å². The van der Waals surface area contributed by atoms with Gasteiger partial charge < -0.3 is 19.5 Å². The molecule has 2 atom stereocenters. The van der Waals surface area contributed by atoms with Crippen LogP contribution in [0.25, 0.3) is 0 Å². The van der Waals surface area contributed by atoms with Crippen LogP contribution in [-0.4, -0.2) is 44.4 Å². The standard InChI is InChI=1S/C15H21NO3S/c1-17-15-12(14-9-16-6-7-18-14)3-2-4-13(15)19-11-5-8-20-10-11/h2-4,11,14,16H,5-10H2,1H3. The van der Waals surface area contributed by atoms with E-state index in [0.29, 0.717) is 6.10 Å². The number of morpholine rings is 1.